The zero-order valence-corrected chi connectivity index (χ0v) is 16.0. The summed E-state index contributed by atoms with van der Waals surface area (Å²) in [5, 5.41) is 81.1. The molecule has 4 rings (SSSR count). The van der Waals surface area contributed by atoms with Crippen molar-refractivity contribution < 1.29 is 50.3 Å². The number of fused-ring (bicyclic) bond motifs is 1. The number of aromatic hydroxyl groups is 3. The fourth-order valence-corrected chi connectivity index (χ4v) is 3.83. The monoisotopic (exact) mass is 434 g/mol. The molecular formula is C21H22O10. The van der Waals surface area contributed by atoms with E-state index in [1.165, 1.54) is 30.3 Å². The van der Waals surface area contributed by atoms with Crippen molar-refractivity contribution in [2.75, 3.05) is 6.61 Å². The standard InChI is InChI=1S/C21H22O10/c22-7-14-17(27)18(28)19(29)21(31-14)16-11(25)5-10(24)15-12(26)6-13(30-20(15)16)8-1-3-9(23)4-2-8/h1-6,12,14,17-19,21-29H,7H2/t12-,14-,17-,18+,19-,21+/m1/s1. The van der Waals surface area contributed by atoms with Crippen LogP contribution in [0.2, 0.25) is 0 Å². The predicted octanol–water partition coefficient (Wildman–Crippen LogP) is -0.215. The molecule has 2 heterocycles. The van der Waals surface area contributed by atoms with Gasteiger partial charge in [0.1, 0.15) is 65.4 Å². The Morgan fingerprint density at radius 1 is 0.806 bits per heavy atom. The minimum Gasteiger partial charge on any atom is -0.508 e. The van der Waals surface area contributed by atoms with E-state index in [9.17, 15) is 40.9 Å². The Labute approximate surface area is 176 Å². The second-order valence-electron chi connectivity index (χ2n) is 7.45. The number of aliphatic hydroxyl groups is 5. The van der Waals surface area contributed by atoms with Crippen LogP contribution in [0.25, 0.3) is 5.76 Å². The summed E-state index contributed by atoms with van der Waals surface area (Å²) in [6.45, 7) is -0.676. The lowest BCUT2D eigenvalue weighted by Crippen LogP contribution is -2.55. The molecule has 2 aromatic rings. The van der Waals surface area contributed by atoms with Crippen LogP contribution in [0.3, 0.4) is 0 Å². The third-order valence-corrected chi connectivity index (χ3v) is 5.46. The maximum atomic E-state index is 10.6. The summed E-state index contributed by atoms with van der Waals surface area (Å²) in [6, 6.07) is 6.78. The number of hydrogen-bond acceptors (Lipinski definition) is 10. The summed E-state index contributed by atoms with van der Waals surface area (Å²) < 4.78 is 11.4. The first-order valence-corrected chi connectivity index (χ1v) is 9.49. The smallest absolute Gasteiger partial charge is 0.146 e. The third kappa shape index (κ3) is 3.59. The van der Waals surface area contributed by atoms with Gasteiger partial charge >= 0.3 is 0 Å². The van der Waals surface area contributed by atoms with Gasteiger partial charge in [-0.2, -0.15) is 0 Å². The molecule has 0 unspecified atom stereocenters. The first-order valence-electron chi connectivity index (χ1n) is 9.49. The van der Waals surface area contributed by atoms with Gasteiger partial charge in [-0.3, -0.25) is 0 Å². The molecule has 0 radical (unpaired) electrons. The van der Waals surface area contributed by atoms with Crippen molar-refractivity contribution in [3.8, 4) is 23.0 Å². The topological polar surface area (TPSA) is 180 Å². The first kappa shape index (κ1) is 21.4. The van der Waals surface area contributed by atoms with Gasteiger partial charge in [0.25, 0.3) is 0 Å². The predicted molar refractivity (Wildman–Crippen MR) is 104 cm³/mol. The molecule has 0 amide bonds. The van der Waals surface area contributed by atoms with E-state index < -0.39 is 54.7 Å². The van der Waals surface area contributed by atoms with Gasteiger partial charge in [0.05, 0.1) is 17.7 Å². The first-order chi connectivity index (χ1) is 14.7. The number of rotatable bonds is 3. The minimum absolute atomic E-state index is 0.0124. The van der Waals surface area contributed by atoms with Gasteiger partial charge in [0.15, 0.2) is 0 Å². The molecule has 2 aromatic carbocycles. The number of ether oxygens (including phenoxy) is 2. The Balaban J connectivity index is 1.82. The second-order valence-corrected chi connectivity index (χ2v) is 7.45. The normalized spacial score (nSPS) is 30.3. The Kier molecular flexibility index (Phi) is 5.52. The van der Waals surface area contributed by atoms with E-state index in [1.807, 2.05) is 0 Å². The zero-order chi connectivity index (χ0) is 22.4. The lowest BCUT2D eigenvalue weighted by atomic mass is 9.88. The number of benzene rings is 2. The summed E-state index contributed by atoms with van der Waals surface area (Å²) in [5.74, 6) is -1.09. The molecule has 2 aliphatic heterocycles. The highest BCUT2D eigenvalue weighted by Crippen LogP contribution is 2.51. The van der Waals surface area contributed by atoms with Gasteiger partial charge in [-0.1, -0.05) is 0 Å². The van der Waals surface area contributed by atoms with Crippen molar-refractivity contribution in [2.24, 2.45) is 0 Å². The van der Waals surface area contributed by atoms with Crippen molar-refractivity contribution in [1.29, 1.82) is 0 Å². The molecule has 8 N–H and O–H groups in total. The lowest BCUT2D eigenvalue weighted by molar-refractivity contribution is -0.232. The zero-order valence-electron chi connectivity index (χ0n) is 16.0. The average molecular weight is 434 g/mol. The van der Waals surface area contributed by atoms with E-state index in [0.717, 1.165) is 6.07 Å². The third-order valence-electron chi connectivity index (χ3n) is 5.46. The fourth-order valence-electron chi connectivity index (χ4n) is 3.83. The van der Waals surface area contributed by atoms with E-state index in [1.54, 1.807) is 0 Å². The Morgan fingerprint density at radius 2 is 1.45 bits per heavy atom. The Hall–Kier alpha value is -2.86. The molecule has 0 aromatic heterocycles. The molecule has 6 atom stereocenters. The quantitative estimate of drug-likeness (QED) is 0.322. The molecule has 1 fully saturated rings. The maximum Gasteiger partial charge on any atom is 0.146 e. The minimum atomic E-state index is -1.72. The molecule has 31 heavy (non-hydrogen) atoms. The number of aliphatic hydroxyl groups excluding tert-OH is 5. The van der Waals surface area contributed by atoms with Gasteiger partial charge in [-0.25, -0.2) is 0 Å². The summed E-state index contributed by atoms with van der Waals surface area (Å²) in [7, 11) is 0. The molecular weight excluding hydrogens is 412 g/mol. The molecule has 166 valence electrons. The summed E-state index contributed by atoms with van der Waals surface area (Å²) in [6.07, 6.45) is -7.80. The largest absolute Gasteiger partial charge is 0.508 e. The van der Waals surface area contributed by atoms with E-state index in [2.05, 4.69) is 0 Å². The molecule has 1 saturated heterocycles. The number of phenols is 3. The van der Waals surface area contributed by atoms with E-state index in [0.29, 0.717) is 5.56 Å². The van der Waals surface area contributed by atoms with Crippen LogP contribution in [0.1, 0.15) is 28.9 Å². The van der Waals surface area contributed by atoms with E-state index >= 15 is 0 Å². The van der Waals surface area contributed by atoms with Gasteiger partial charge in [0.2, 0.25) is 0 Å². The van der Waals surface area contributed by atoms with Gasteiger partial charge < -0.3 is 50.3 Å². The van der Waals surface area contributed by atoms with Gasteiger partial charge in [-0.15, -0.1) is 0 Å². The molecule has 0 bridgehead atoms. The molecule has 2 aliphatic rings. The summed E-state index contributed by atoms with van der Waals surface area (Å²) in [4.78, 5) is 0. The maximum absolute atomic E-state index is 10.6. The van der Waals surface area contributed by atoms with E-state index in [4.69, 9.17) is 9.47 Å². The summed E-state index contributed by atoms with van der Waals surface area (Å²) in [5.41, 5.74) is 0.172. The second kappa shape index (κ2) is 8.00. The lowest BCUT2D eigenvalue weighted by Gasteiger charge is -2.41. The molecule has 10 nitrogen and oxygen atoms in total. The van der Waals surface area contributed by atoms with Crippen LogP contribution < -0.4 is 4.74 Å². The number of hydrogen-bond donors (Lipinski definition) is 8. The van der Waals surface area contributed by atoms with Gasteiger partial charge in [0, 0.05) is 11.6 Å². The van der Waals surface area contributed by atoms with Crippen LogP contribution in [-0.2, 0) is 4.74 Å². The van der Waals surface area contributed by atoms with Gasteiger partial charge in [-0.05, 0) is 30.3 Å². The highest BCUT2D eigenvalue weighted by atomic mass is 16.5. The van der Waals surface area contributed by atoms with Crippen LogP contribution in [-0.4, -0.2) is 71.9 Å². The Morgan fingerprint density at radius 3 is 2.10 bits per heavy atom. The average Bonchev–Trinajstić information content (AvgIpc) is 2.73. The van der Waals surface area contributed by atoms with Crippen LogP contribution in [0.15, 0.2) is 36.4 Å². The van der Waals surface area contributed by atoms with Crippen LogP contribution in [0, 0.1) is 0 Å². The van der Waals surface area contributed by atoms with Crippen molar-refractivity contribution in [2.45, 2.75) is 36.6 Å². The molecule has 0 saturated carbocycles. The molecule has 0 aliphatic carbocycles. The van der Waals surface area contributed by atoms with Crippen molar-refractivity contribution in [3.05, 3.63) is 53.1 Å². The Bertz CT molecular complexity index is 1000. The molecule has 10 heteroatoms. The van der Waals surface area contributed by atoms with Crippen LogP contribution >= 0.6 is 0 Å². The van der Waals surface area contributed by atoms with Crippen molar-refractivity contribution in [3.63, 3.8) is 0 Å². The van der Waals surface area contributed by atoms with E-state index in [-0.39, 0.29) is 28.4 Å². The molecule has 0 spiro atoms. The van der Waals surface area contributed by atoms with Crippen LogP contribution in [0.4, 0.5) is 0 Å². The highest BCUT2D eigenvalue weighted by Gasteiger charge is 2.47. The van der Waals surface area contributed by atoms with Crippen molar-refractivity contribution in [1.82, 2.24) is 0 Å². The van der Waals surface area contributed by atoms with Crippen molar-refractivity contribution >= 4 is 5.76 Å². The summed E-state index contributed by atoms with van der Waals surface area (Å²) >= 11 is 0. The highest BCUT2D eigenvalue weighted by molar-refractivity contribution is 5.71. The van der Waals surface area contributed by atoms with Crippen LogP contribution in [0.5, 0.6) is 23.0 Å². The fraction of sp³-hybridized carbons (Fsp3) is 0.333. The number of phenolic OH excluding ortho intramolecular Hbond substituents is 3. The SMILES string of the molecule is OC[C@H]1O[C@@H](c2c(O)cc(O)c3c2OC(c2ccc(O)cc2)=C[C@H]3O)[C@H](O)[C@@H](O)[C@@H]1O.